The first-order valence-electron chi connectivity index (χ1n) is 8.72. The number of carbonyl (C=O) groups excluding carboxylic acids is 1. The van der Waals surface area contributed by atoms with Crippen LogP contribution in [-0.4, -0.2) is 62.6 Å². The summed E-state index contributed by atoms with van der Waals surface area (Å²) in [7, 11) is 0. The van der Waals surface area contributed by atoms with Gasteiger partial charge in [0.25, 0.3) is 0 Å². The molecule has 0 N–H and O–H groups in total. The second-order valence-corrected chi connectivity index (χ2v) is 6.94. The highest BCUT2D eigenvalue weighted by atomic mass is 32.2. The highest BCUT2D eigenvalue weighted by Gasteiger charge is 2.20. The third kappa shape index (κ3) is 4.01. The molecular weight excluding hydrogens is 362 g/mol. The van der Waals surface area contributed by atoms with Gasteiger partial charge in [-0.3, -0.25) is 14.3 Å². The lowest BCUT2D eigenvalue weighted by Gasteiger charge is -2.26. The van der Waals surface area contributed by atoms with Crippen LogP contribution < -0.4 is 0 Å². The molecule has 1 aromatic carbocycles. The van der Waals surface area contributed by atoms with Crippen LogP contribution in [0, 0.1) is 0 Å². The van der Waals surface area contributed by atoms with Gasteiger partial charge in [-0.15, -0.1) is 10.2 Å². The van der Waals surface area contributed by atoms with Gasteiger partial charge >= 0.3 is 0 Å². The molecule has 27 heavy (non-hydrogen) atoms. The molecule has 138 valence electrons. The highest BCUT2D eigenvalue weighted by Crippen LogP contribution is 2.27. The molecule has 1 aliphatic rings. The summed E-state index contributed by atoms with van der Waals surface area (Å²) in [5.41, 5.74) is 1.82. The average Bonchev–Trinajstić information content (AvgIpc) is 3.18. The summed E-state index contributed by atoms with van der Waals surface area (Å²) in [6.45, 7) is 2.49. The van der Waals surface area contributed by atoms with Crippen molar-refractivity contribution in [2.75, 3.05) is 32.1 Å². The van der Waals surface area contributed by atoms with Crippen molar-refractivity contribution in [3.63, 3.8) is 0 Å². The Morgan fingerprint density at radius 2 is 1.89 bits per heavy atom. The van der Waals surface area contributed by atoms with Crippen LogP contribution in [0.4, 0.5) is 0 Å². The number of nitrogens with zero attached hydrogens (tertiary/aromatic N) is 5. The zero-order valence-corrected chi connectivity index (χ0v) is 15.5. The number of para-hydroxylation sites is 1. The maximum Gasteiger partial charge on any atom is 0.233 e. The van der Waals surface area contributed by atoms with Gasteiger partial charge in [-0.2, -0.15) is 0 Å². The van der Waals surface area contributed by atoms with E-state index in [4.69, 9.17) is 4.74 Å². The lowest BCUT2D eigenvalue weighted by Crippen LogP contribution is -2.41. The molecule has 0 radical (unpaired) electrons. The fraction of sp³-hybridized carbons (Fsp3) is 0.263. The number of pyridine rings is 1. The van der Waals surface area contributed by atoms with E-state index in [9.17, 15) is 4.79 Å². The van der Waals surface area contributed by atoms with E-state index in [0.29, 0.717) is 43.0 Å². The Hall–Kier alpha value is -2.71. The quantitative estimate of drug-likeness (QED) is 0.632. The van der Waals surface area contributed by atoms with Crippen molar-refractivity contribution in [2.24, 2.45) is 0 Å². The van der Waals surface area contributed by atoms with Crippen LogP contribution in [0.3, 0.4) is 0 Å². The monoisotopic (exact) mass is 381 g/mol. The van der Waals surface area contributed by atoms with E-state index in [1.807, 2.05) is 51.9 Å². The predicted octanol–water partition coefficient (Wildman–Crippen LogP) is 2.28. The summed E-state index contributed by atoms with van der Waals surface area (Å²) < 4.78 is 7.28. The third-order valence-corrected chi connectivity index (χ3v) is 5.17. The number of thioether (sulfide) groups is 1. The van der Waals surface area contributed by atoms with Crippen LogP contribution in [0.5, 0.6) is 0 Å². The molecule has 3 aromatic rings. The molecular formula is C19H19N5O2S. The van der Waals surface area contributed by atoms with Crippen molar-refractivity contribution in [3.8, 4) is 17.1 Å². The largest absolute Gasteiger partial charge is 0.378 e. The van der Waals surface area contributed by atoms with Crippen LogP contribution in [0.1, 0.15) is 0 Å². The van der Waals surface area contributed by atoms with E-state index in [1.54, 1.807) is 12.4 Å². The van der Waals surface area contributed by atoms with Gasteiger partial charge in [0.05, 0.1) is 19.0 Å². The summed E-state index contributed by atoms with van der Waals surface area (Å²) in [5, 5.41) is 9.38. The minimum Gasteiger partial charge on any atom is -0.378 e. The lowest BCUT2D eigenvalue weighted by molar-refractivity contribution is -0.132. The number of ether oxygens (including phenoxy) is 1. The average molecular weight is 381 g/mol. The fourth-order valence-corrected chi connectivity index (χ4v) is 3.74. The minimum absolute atomic E-state index is 0.0915. The Bertz CT molecular complexity index is 895. The zero-order valence-electron chi connectivity index (χ0n) is 14.7. The topological polar surface area (TPSA) is 73.1 Å². The van der Waals surface area contributed by atoms with Crippen LogP contribution in [0.15, 0.2) is 60.0 Å². The standard InChI is InChI=1S/C19H19N5O2S/c25-17(23-9-11-26-12-10-23)14-27-19-22-21-18(15-5-4-8-20-13-15)24(19)16-6-2-1-3-7-16/h1-8,13H,9-12,14H2. The Kier molecular flexibility index (Phi) is 5.45. The van der Waals surface area contributed by atoms with Crippen LogP contribution >= 0.6 is 11.8 Å². The number of aromatic nitrogens is 4. The molecule has 8 heteroatoms. The third-order valence-electron chi connectivity index (χ3n) is 4.26. The Morgan fingerprint density at radius 1 is 1.07 bits per heavy atom. The van der Waals surface area contributed by atoms with Crippen molar-refractivity contribution in [1.82, 2.24) is 24.6 Å². The van der Waals surface area contributed by atoms with E-state index in [-0.39, 0.29) is 5.91 Å². The molecule has 0 bridgehead atoms. The van der Waals surface area contributed by atoms with Crippen LogP contribution in [0.25, 0.3) is 17.1 Å². The number of rotatable bonds is 5. The second-order valence-electron chi connectivity index (χ2n) is 6.00. The molecule has 1 aliphatic heterocycles. The van der Waals surface area contributed by atoms with Gasteiger partial charge in [-0.25, -0.2) is 0 Å². The number of morpholine rings is 1. The summed E-state index contributed by atoms with van der Waals surface area (Å²) in [5.74, 6) is 1.11. The molecule has 3 heterocycles. The summed E-state index contributed by atoms with van der Waals surface area (Å²) in [6.07, 6.45) is 3.49. The maximum atomic E-state index is 12.5. The first kappa shape index (κ1) is 17.7. The van der Waals surface area contributed by atoms with Crippen molar-refractivity contribution in [2.45, 2.75) is 5.16 Å². The molecule has 0 atom stereocenters. The molecule has 0 saturated carbocycles. The van der Waals surface area contributed by atoms with E-state index in [1.165, 1.54) is 11.8 Å². The van der Waals surface area contributed by atoms with Gasteiger partial charge in [-0.1, -0.05) is 30.0 Å². The molecule has 0 unspecified atom stereocenters. The maximum absolute atomic E-state index is 12.5. The highest BCUT2D eigenvalue weighted by molar-refractivity contribution is 7.99. The summed E-state index contributed by atoms with van der Waals surface area (Å²) >= 11 is 1.40. The Morgan fingerprint density at radius 3 is 2.63 bits per heavy atom. The van der Waals surface area contributed by atoms with Gasteiger partial charge in [0.2, 0.25) is 5.91 Å². The van der Waals surface area contributed by atoms with Crippen molar-refractivity contribution in [1.29, 1.82) is 0 Å². The van der Waals surface area contributed by atoms with Gasteiger partial charge in [0.1, 0.15) is 0 Å². The predicted molar refractivity (Wildman–Crippen MR) is 103 cm³/mol. The number of carbonyl (C=O) groups is 1. The summed E-state index contributed by atoms with van der Waals surface area (Å²) in [6, 6.07) is 13.7. The van der Waals surface area contributed by atoms with E-state index >= 15 is 0 Å². The summed E-state index contributed by atoms with van der Waals surface area (Å²) in [4.78, 5) is 18.5. The normalized spacial score (nSPS) is 14.3. The SMILES string of the molecule is O=C(CSc1nnc(-c2cccnc2)n1-c1ccccc1)N1CCOCC1. The molecule has 0 aliphatic carbocycles. The molecule has 2 aromatic heterocycles. The van der Waals surface area contributed by atoms with Crippen molar-refractivity contribution >= 4 is 17.7 Å². The smallest absolute Gasteiger partial charge is 0.233 e. The molecule has 7 nitrogen and oxygen atoms in total. The van der Waals surface area contributed by atoms with E-state index in [0.717, 1.165) is 11.3 Å². The molecule has 1 fully saturated rings. The van der Waals surface area contributed by atoms with Gasteiger partial charge in [-0.05, 0) is 24.3 Å². The zero-order chi connectivity index (χ0) is 18.5. The Labute approximate surface area is 161 Å². The molecule has 4 rings (SSSR count). The molecule has 0 spiro atoms. The molecule has 1 saturated heterocycles. The second kappa shape index (κ2) is 8.32. The lowest BCUT2D eigenvalue weighted by atomic mass is 10.2. The first-order valence-corrected chi connectivity index (χ1v) is 9.71. The van der Waals surface area contributed by atoms with Crippen molar-refractivity contribution < 1.29 is 9.53 Å². The Balaban J connectivity index is 1.61. The molecule has 1 amide bonds. The van der Waals surface area contributed by atoms with Gasteiger partial charge in [0.15, 0.2) is 11.0 Å². The first-order chi connectivity index (χ1) is 13.3. The number of hydrogen-bond acceptors (Lipinski definition) is 6. The van der Waals surface area contributed by atoms with Crippen molar-refractivity contribution in [3.05, 3.63) is 54.9 Å². The van der Waals surface area contributed by atoms with Crippen LogP contribution in [-0.2, 0) is 9.53 Å². The van der Waals surface area contributed by atoms with Gasteiger partial charge < -0.3 is 9.64 Å². The van der Waals surface area contributed by atoms with E-state index < -0.39 is 0 Å². The van der Waals surface area contributed by atoms with Gasteiger partial charge in [0, 0.05) is 36.7 Å². The van der Waals surface area contributed by atoms with Crippen LogP contribution in [0.2, 0.25) is 0 Å². The number of amides is 1. The number of hydrogen-bond donors (Lipinski definition) is 0. The number of benzene rings is 1. The van der Waals surface area contributed by atoms with E-state index in [2.05, 4.69) is 15.2 Å². The fourth-order valence-electron chi connectivity index (χ4n) is 2.89. The minimum atomic E-state index is 0.0915.